The highest BCUT2D eigenvalue weighted by atomic mass is 35.5. The molecule has 1 aliphatic rings. The zero-order valence-corrected chi connectivity index (χ0v) is 12.4. The number of hydrogen-bond donors (Lipinski definition) is 0. The number of carbonyl (C=O) groups is 1. The van der Waals surface area contributed by atoms with Gasteiger partial charge < -0.3 is 4.90 Å². The lowest BCUT2D eigenvalue weighted by Gasteiger charge is -2.34. The maximum atomic E-state index is 12.2. The van der Waals surface area contributed by atoms with E-state index in [-0.39, 0.29) is 5.78 Å². The summed E-state index contributed by atoms with van der Waals surface area (Å²) in [6.45, 7) is 2.66. The van der Waals surface area contributed by atoms with E-state index < -0.39 is 0 Å². The molecule has 1 aromatic carbocycles. The van der Waals surface area contributed by atoms with Gasteiger partial charge in [0, 0.05) is 11.6 Å². The molecule has 0 aliphatic carbocycles. The average molecular weight is 281 g/mol. The summed E-state index contributed by atoms with van der Waals surface area (Å²) >= 11 is 6.06. The molecule has 0 saturated carbocycles. The van der Waals surface area contributed by atoms with Gasteiger partial charge in [0.15, 0.2) is 5.78 Å². The molecule has 0 radical (unpaired) electrons. The van der Waals surface area contributed by atoms with E-state index in [1.165, 1.54) is 0 Å². The van der Waals surface area contributed by atoms with Crippen LogP contribution in [0.5, 0.6) is 0 Å². The number of likely N-dealkylation sites (tertiary alicyclic amines) is 1. The highest BCUT2D eigenvalue weighted by molar-refractivity contribution is 6.34. The first kappa shape index (κ1) is 14.5. The van der Waals surface area contributed by atoms with Crippen LogP contribution in [0.3, 0.4) is 0 Å². The van der Waals surface area contributed by atoms with Gasteiger partial charge in [-0.25, -0.2) is 0 Å². The predicted octanol–water partition coefficient (Wildman–Crippen LogP) is 2.55. The molecule has 0 unspecified atom stereocenters. The molecule has 1 aliphatic heterocycles. The second-order valence-corrected chi connectivity index (χ2v) is 5.76. The van der Waals surface area contributed by atoms with Crippen LogP contribution in [0, 0.1) is 0 Å². The van der Waals surface area contributed by atoms with E-state index in [1.807, 2.05) is 19.2 Å². The summed E-state index contributed by atoms with van der Waals surface area (Å²) in [6.07, 6.45) is 2.26. The Hall–Kier alpha value is -0.900. The molecule has 1 saturated heterocycles. The minimum absolute atomic E-state index is 0.104. The summed E-state index contributed by atoms with van der Waals surface area (Å²) in [5.74, 6) is 0.104. The molecule has 2 rings (SSSR count). The fourth-order valence-electron chi connectivity index (χ4n) is 2.56. The molecule has 0 bridgehead atoms. The number of nitrogens with zero attached hydrogens (tertiary/aromatic N) is 2. The number of Topliss-reactive ketones (excluding diaryl/α,β-unsaturated/α-hetero) is 1. The number of hydrogen-bond acceptors (Lipinski definition) is 3. The van der Waals surface area contributed by atoms with Gasteiger partial charge in [0.05, 0.1) is 11.6 Å². The van der Waals surface area contributed by atoms with Gasteiger partial charge in [-0.3, -0.25) is 9.69 Å². The summed E-state index contributed by atoms with van der Waals surface area (Å²) in [7, 11) is 4.18. The first-order valence-corrected chi connectivity index (χ1v) is 7.12. The lowest BCUT2D eigenvalue weighted by Crippen LogP contribution is -2.43. The zero-order chi connectivity index (χ0) is 13.8. The Morgan fingerprint density at radius 3 is 2.63 bits per heavy atom. The third-order valence-corrected chi connectivity index (χ3v) is 4.21. The van der Waals surface area contributed by atoms with E-state index in [0.717, 1.165) is 25.9 Å². The lowest BCUT2D eigenvalue weighted by molar-refractivity contribution is 0.0872. The van der Waals surface area contributed by atoms with Gasteiger partial charge in [-0.05, 0) is 52.2 Å². The van der Waals surface area contributed by atoms with Crippen molar-refractivity contribution in [3.63, 3.8) is 0 Å². The van der Waals surface area contributed by atoms with Crippen molar-refractivity contribution in [2.24, 2.45) is 0 Å². The molecule has 0 spiro atoms. The van der Waals surface area contributed by atoms with Crippen molar-refractivity contribution in [3.05, 3.63) is 34.9 Å². The first-order chi connectivity index (χ1) is 9.08. The molecule has 0 atom stereocenters. The van der Waals surface area contributed by atoms with Crippen molar-refractivity contribution in [1.29, 1.82) is 0 Å². The van der Waals surface area contributed by atoms with Crippen molar-refractivity contribution >= 4 is 17.4 Å². The second-order valence-electron chi connectivity index (χ2n) is 5.35. The fraction of sp³-hybridized carbons (Fsp3) is 0.533. The Kier molecular flexibility index (Phi) is 4.97. The van der Waals surface area contributed by atoms with Gasteiger partial charge >= 0.3 is 0 Å². The van der Waals surface area contributed by atoms with Crippen LogP contribution in [0.2, 0.25) is 5.02 Å². The van der Waals surface area contributed by atoms with E-state index in [1.54, 1.807) is 12.1 Å². The van der Waals surface area contributed by atoms with E-state index >= 15 is 0 Å². The van der Waals surface area contributed by atoms with Crippen LogP contribution in [-0.2, 0) is 0 Å². The second kappa shape index (κ2) is 6.51. The summed E-state index contributed by atoms with van der Waals surface area (Å²) in [5, 5.41) is 0.546. The van der Waals surface area contributed by atoms with Crippen molar-refractivity contribution in [3.8, 4) is 0 Å². The number of halogens is 1. The molecule has 4 heteroatoms. The molecule has 1 aromatic rings. The van der Waals surface area contributed by atoms with Crippen LogP contribution < -0.4 is 0 Å². The monoisotopic (exact) mass is 280 g/mol. The Labute approximate surface area is 120 Å². The topological polar surface area (TPSA) is 23.6 Å². The van der Waals surface area contributed by atoms with Crippen LogP contribution in [0.15, 0.2) is 24.3 Å². The Morgan fingerprint density at radius 2 is 2.00 bits per heavy atom. The number of ketones is 1. The number of piperidine rings is 1. The average Bonchev–Trinajstić information content (AvgIpc) is 2.39. The number of rotatable bonds is 4. The maximum Gasteiger partial charge on any atom is 0.178 e. The third kappa shape index (κ3) is 3.78. The zero-order valence-electron chi connectivity index (χ0n) is 11.6. The number of benzene rings is 1. The lowest BCUT2D eigenvalue weighted by atomic mass is 10.0. The van der Waals surface area contributed by atoms with E-state index in [9.17, 15) is 4.79 Å². The third-order valence-electron chi connectivity index (χ3n) is 3.88. The highest BCUT2D eigenvalue weighted by Gasteiger charge is 2.22. The van der Waals surface area contributed by atoms with Crippen LogP contribution >= 0.6 is 11.6 Å². The van der Waals surface area contributed by atoms with Crippen LogP contribution in [0.1, 0.15) is 23.2 Å². The van der Waals surface area contributed by atoms with Crippen molar-refractivity contribution < 1.29 is 4.79 Å². The van der Waals surface area contributed by atoms with Gasteiger partial charge in [0.2, 0.25) is 0 Å². The smallest absolute Gasteiger partial charge is 0.178 e. The van der Waals surface area contributed by atoms with E-state index in [4.69, 9.17) is 11.6 Å². The van der Waals surface area contributed by atoms with Gasteiger partial charge in [0.25, 0.3) is 0 Å². The van der Waals surface area contributed by atoms with Gasteiger partial charge in [0.1, 0.15) is 0 Å². The predicted molar refractivity (Wildman–Crippen MR) is 78.9 cm³/mol. The number of carbonyl (C=O) groups excluding carboxylic acids is 1. The minimum atomic E-state index is 0.104. The Morgan fingerprint density at radius 1 is 1.37 bits per heavy atom. The maximum absolute atomic E-state index is 12.2. The van der Waals surface area contributed by atoms with Crippen LogP contribution in [-0.4, -0.2) is 55.4 Å². The van der Waals surface area contributed by atoms with E-state index in [2.05, 4.69) is 16.8 Å². The Bertz CT molecular complexity index is 442. The highest BCUT2D eigenvalue weighted by Crippen LogP contribution is 2.18. The number of likely N-dealkylation sites (N-methyl/N-ethyl adjacent to an activating group) is 1. The van der Waals surface area contributed by atoms with E-state index in [0.29, 0.717) is 23.2 Å². The standard InChI is InChI=1S/C15H21ClN2O/c1-17-9-7-12(8-10-17)18(2)11-15(19)13-5-3-4-6-14(13)16/h3-6,12H,7-11H2,1-2H3. The van der Waals surface area contributed by atoms with Gasteiger partial charge in [-0.1, -0.05) is 23.7 Å². The molecular weight excluding hydrogens is 260 g/mol. The van der Waals surface area contributed by atoms with Gasteiger partial charge in [-0.2, -0.15) is 0 Å². The summed E-state index contributed by atoms with van der Waals surface area (Å²) in [6, 6.07) is 7.77. The summed E-state index contributed by atoms with van der Waals surface area (Å²) in [5.41, 5.74) is 0.629. The largest absolute Gasteiger partial charge is 0.306 e. The fourth-order valence-corrected chi connectivity index (χ4v) is 2.80. The molecule has 104 valence electrons. The molecule has 1 fully saturated rings. The van der Waals surface area contributed by atoms with Crippen LogP contribution in [0.25, 0.3) is 0 Å². The molecule has 19 heavy (non-hydrogen) atoms. The quantitative estimate of drug-likeness (QED) is 0.792. The minimum Gasteiger partial charge on any atom is -0.306 e. The van der Waals surface area contributed by atoms with Crippen molar-refractivity contribution in [2.45, 2.75) is 18.9 Å². The van der Waals surface area contributed by atoms with Crippen LogP contribution in [0.4, 0.5) is 0 Å². The van der Waals surface area contributed by atoms with Gasteiger partial charge in [-0.15, -0.1) is 0 Å². The normalized spacial score (nSPS) is 17.9. The molecular formula is C15H21ClN2O. The van der Waals surface area contributed by atoms with Crippen molar-refractivity contribution in [2.75, 3.05) is 33.7 Å². The molecule has 0 aromatic heterocycles. The molecule has 0 N–H and O–H groups in total. The first-order valence-electron chi connectivity index (χ1n) is 6.74. The SMILES string of the molecule is CN1CCC(N(C)CC(=O)c2ccccc2Cl)CC1. The molecule has 1 heterocycles. The van der Waals surface area contributed by atoms with Crippen molar-refractivity contribution in [1.82, 2.24) is 9.80 Å². The summed E-state index contributed by atoms with van der Waals surface area (Å²) < 4.78 is 0. The Balaban J connectivity index is 1.94. The summed E-state index contributed by atoms with van der Waals surface area (Å²) in [4.78, 5) is 16.7. The molecule has 3 nitrogen and oxygen atoms in total. The molecule has 0 amide bonds.